The van der Waals surface area contributed by atoms with Crippen LogP contribution in [0.15, 0.2) is 24.3 Å². The van der Waals surface area contributed by atoms with Crippen molar-refractivity contribution >= 4 is 5.69 Å². The summed E-state index contributed by atoms with van der Waals surface area (Å²) in [5.41, 5.74) is 0.632. The molecule has 0 aliphatic carbocycles. The largest absolute Gasteiger partial charge is 0.495 e. The molecule has 118 valence electrons. The summed E-state index contributed by atoms with van der Waals surface area (Å²) in [7, 11) is 1.72. The van der Waals surface area contributed by atoms with Gasteiger partial charge in [0.1, 0.15) is 5.75 Å². The maximum Gasteiger partial charge on any atom is 0.142 e. The van der Waals surface area contributed by atoms with Crippen LogP contribution in [-0.4, -0.2) is 55.4 Å². The predicted octanol–water partition coefficient (Wildman–Crippen LogP) is 2.37. The van der Waals surface area contributed by atoms with Crippen molar-refractivity contribution in [3.63, 3.8) is 0 Å². The van der Waals surface area contributed by atoms with Crippen LogP contribution in [0.25, 0.3) is 0 Å². The minimum Gasteiger partial charge on any atom is -0.495 e. The second-order valence-corrected chi connectivity index (χ2v) is 5.87. The summed E-state index contributed by atoms with van der Waals surface area (Å²) < 4.78 is 5.45. The van der Waals surface area contributed by atoms with Gasteiger partial charge in [0.15, 0.2) is 0 Å². The molecule has 1 aliphatic rings. The number of ether oxygens (including phenoxy) is 1. The number of anilines is 1. The fourth-order valence-electron chi connectivity index (χ4n) is 2.93. The van der Waals surface area contributed by atoms with E-state index in [4.69, 9.17) is 4.74 Å². The van der Waals surface area contributed by atoms with E-state index in [1.54, 1.807) is 7.11 Å². The number of aliphatic hydroxyl groups is 1. The molecule has 1 saturated heterocycles. The first-order valence-corrected chi connectivity index (χ1v) is 7.94. The van der Waals surface area contributed by atoms with E-state index in [0.29, 0.717) is 0 Å². The van der Waals surface area contributed by atoms with E-state index in [-0.39, 0.29) is 0 Å². The number of β-amino-alcohol motifs (C(OH)–C–C–N with tert-alkyl or cyclic N) is 1. The van der Waals surface area contributed by atoms with Crippen LogP contribution >= 0.6 is 0 Å². The smallest absolute Gasteiger partial charge is 0.142 e. The summed E-state index contributed by atoms with van der Waals surface area (Å²) in [6.07, 6.45) is 1.63. The third-order valence-corrected chi connectivity index (χ3v) is 4.63. The maximum atomic E-state index is 10.5. The molecule has 0 amide bonds. The van der Waals surface area contributed by atoms with E-state index in [1.807, 2.05) is 12.1 Å². The van der Waals surface area contributed by atoms with Gasteiger partial charge in [-0.25, -0.2) is 0 Å². The summed E-state index contributed by atoms with van der Waals surface area (Å²) in [5.74, 6) is 0.935. The van der Waals surface area contributed by atoms with Crippen molar-refractivity contribution in [2.45, 2.75) is 32.3 Å². The summed E-state index contributed by atoms with van der Waals surface area (Å²) in [5, 5.41) is 10.5. The number of hydrogen-bond acceptors (Lipinski definition) is 4. The van der Waals surface area contributed by atoms with E-state index in [0.717, 1.165) is 51.3 Å². The van der Waals surface area contributed by atoms with Crippen molar-refractivity contribution in [1.29, 1.82) is 0 Å². The first-order valence-electron chi connectivity index (χ1n) is 7.94. The lowest BCUT2D eigenvalue weighted by atomic mass is 9.96. The quantitative estimate of drug-likeness (QED) is 0.873. The standard InChI is InChI=1S/C17H28N2O2/c1-4-17(20,5-2)14-18-10-12-19(13-11-18)15-8-6-7-9-16(15)21-3/h6-9,20H,4-5,10-14H2,1-3H3. The third kappa shape index (κ3) is 3.89. The van der Waals surface area contributed by atoms with Gasteiger partial charge in [-0.2, -0.15) is 0 Å². The zero-order valence-corrected chi connectivity index (χ0v) is 13.5. The van der Waals surface area contributed by atoms with Gasteiger partial charge in [-0.15, -0.1) is 0 Å². The average Bonchev–Trinajstić information content (AvgIpc) is 2.55. The third-order valence-electron chi connectivity index (χ3n) is 4.63. The lowest BCUT2D eigenvalue weighted by Gasteiger charge is -2.40. The van der Waals surface area contributed by atoms with Crippen molar-refractivity contribution in [3.05, 3.63) is 24.3 Å². The number of piperazine rings is 1. The highest BCUT2D eigenvalue weighted by molar-refractivity contribution is 5.58. The normalized spacial score (nSPS) is 17.0. The van der Waals surface area contributed by atoms with Gasteiger partial charge in [-0.3, -0.25) is 4.90 Å². The Morgan fingerprint density at radius 1 is 1.10 bits per heavy atom. The van der Waals surface area contributed by atoms with Crippen molar-refractivity contribution in [1.82, 2.24) is 4.90 Å². The van der Waals surface area contributed by atoms with Gasteiger partial charge in [-0.05, 0) is 25.0 Å². The highest BCUT2D eigenvalue weighted by atomic mass is 16.5. The number of benzene rings is 1. The monoisotopic (exact) mass is 292 g/mol. The second kappa shape index (κ2) is 7.14. The average molecular weight is 292 g/mol. The highest BCUT2D eigenvalue weighted by Gasteiger charge is 2.28. The summed E-state index contributed by atoms with van der Waals surface area (Å²) >= 11 is 0. The lowest BCUT2D eigenvalue weighted by molar-refractivity contribution is -0.00457. The van der Waals surface area contributed by atoms with Crippen LogP contribution in [0.3, 0.4) is 0 Å². The molecule has 0 aromatic heterocycles. The van der Waals surface area contributed by atoms with Crippen molar-refractivity contribution in [2.24, 2.45) is 0 Å². The summed E-state index contributed by atoms with van der Waals surface area (Å²) in [6.45, 7) is 8.83. The Labute approximate surface area is 128 Å². The van der Waals surface area contributed by atoms with Gasteiger partial charge in [0.25, 0.3) is 0 Å². The minimum absolute atomic E-state index is 0.535. The van der Waals surface area contributed by atoms with Crippen LogP contribution in [-0.2, 0) is 0 Å². The fraction of sp³-hybridized carbons (Fsp3) is 0.647. The number of para-hydroxylation sites is 2. The van der Waals surface area contributed by atoms with Crippen LogP contribution in [0, 0.1) is 0 Å². The van der Waals surface area contributed by atoms with Gasteiger partial charge < -0.3 is 14.7 Å². The summed E-state index contributed by atoms with van der Waals surface area (Å²) in [6, 6.07) is 8.18. The van der Waals surface area contributed by atoms with Gasteiger partial charge in [-0.1, -0.05) is 26.0 Å². The molecule has 1 aliphatic heterocycles. The van der Waals surface area contributed by atoms with Crippen molar-refractivity contribution in [2.75, 3.05) is 44.7 Å². The molecule has 0 spiro atoms. The van der Waals surface area contributed by atoms with Gasteiger partial charge >= 0.3 is 0 Å². The van der Waals surface area contributed by atoms with Crippen molar-refractivity contribution in [3.8, 4) is 5.75 Å². The first kappa shape index (κ1) is 16.1. The zero-order valence-electron chi connectivity index (χ0n) is 13.5. The molecule has 4 heteroatoms. The fourth-order valence-corrected chi connectivity index (χ4v) is 2.93. The number of hydrogen-bond donors (Lipinski definition) is 1. The van der Waals surface area contributed by atoms with E-state index >= 15 is 0 Å². The molecule has 2 rings (SSSR count). The molecule has 1 aromatic carbocycles. The Kier molecular flexibility index (Phi) is 5.48. The topological polar surface area (TPSA) is 35.9 Å². The number of nitrogens with zero attached hydrogens (tertiary/aromatic N) is 2. The number of rotatable bonds is 6. The van der Waals surface area contributed by atoms with E-state index in [1.165, 1.54) is 5.69 Å². The van der Waals surface area contributed by atoms with Gasteiger partial charge in [0.05, 0.1) is 18.4 Å². The van der Waals surface area contributed by atoms with Crippen LogP contribution in [0.5, 0.6) is 5.75 Å². The Bertz CT molecular complexity index is 438. The molecule has 0 unspecified atom stereocenters. The zero-order chi connectivity index (χ0) is 15.3. The molecule has 1 aromatic rings. The molecule has 21 heavy (non-hydrogen) atoms. The highest BCUT2D eigenvalue weighted by Crippen LogP contribution is 2.28. The molecule has 1 N–H and O–H groups in total. The van der Waals surface area contributed by atoms with Crippen molar-refractivity contribution < 1.29 is 9.84 Å². The second-order valence-electron chi connectivity index (χ2n) is 5.87. The maximum absolute atomic E-state index is 10.5. The van der Waals surface area contributed by atoms with E-state index in [9.17, 15) is 5.11 Å². The lowest BCUT2D eigenvalue weighted by Crippen LogP contribution is -2.51. The van der Waals surface area contributed by atoms with Gasteiger partial charge in [0.2, 0.25) is 0 Å². The summed E-state index contributed by atoms with van der Waals surface area (Å²) in [4.78, 5) is 4.74. The molecule has 0 bridgehead atoms. The predicted molar refractivity (Wildman–Crippen MR) is 87.2 cm³/mol. The van der Waals surface area contributed by atoms with Crippen LogP contribution in [0.4, 0.5) is 5.69 Å². The Hall–Kier alpha value is -1.26. The van der Waals surface area contributed by atoms with Crippen LogP contribution < -0.4 is 9.64 Å². The van der Waals surface area contributed by atoms with Crippen LogP contribution in [0.2, 0.25) is 0 Å². The molecule has 4 nitrogen and oxygen atoms in total. The molecule has 0 atom stereocenters. The SMILES string of the molecule is CCC(O)(CC)CN1CCN(c2ccccc2OC)CC1. The molecule has 1 fully saturated rings. The first-order chi connectivity index (χ1) is 10.1. The Balaban J connectivity index is 1.94. The van der Waals surface area contributed by atoms with Crippen LogP contribution in [0.1, 0.15) is 26.7 Å². The van der Waals surface area contributed by atoms with Gasteiger partial charge in [0, 0.05) is 32.7 Å². The molecular formula is C17H28N2O2. The molecule has 1 heterocycles. The molecular weight excluding hydrogens is 264 g/mol. The Morgan fingerprint density at radius 2 is 1.71 bits per heavy atom. The Morgan fingerprint density at radius 3 is 2.29 bits per heavy atom. The van der Waals surface area contributed by atoms with E-state index < -0.39 is 5.60 Å². The molecule has 0 saturated carbocycles. The minimum atomic E-state index is -0.535. The van der Waals surface area contributed by atoms with E-state index in [2.05, 4.69) is 35.8 Å². The molecule has 0 radical (unpaired) electrons. The number of methoxy groups -OCH3 is 1.